The van der Waals surface area contributed by atoms with Crippen molar-refractivity contribution >= 4 is 8.80 Å². The van der Waals surface area contributed by atoms with Crippen molar-refractivity contribution in [1.29, 1.82) is 0 Å². The maximum atomic E-state index is 5.94. The molecular weight excluding hydrogens is 307 g/mol. The van der Waals surface area contributed by atoms with E-state index in [-0.39, 0.29) is 46.5 Å². The zero-order valence-electron chi connectivity index (χ0n) is 10.8. The molecule has 0 heterocycles. The Morgan fingerprint density at radius 3 is 2.47 bits per heavy atom. The Balaban J connectivity index is -0.000000653. The van der Waals surface area contributed by atoms with Crippen molar-refractivity contribution in [2.75, 3.05) is 6.61 Å². The topological polar surface area (TPSA) is 9.23 Å². The third-order valence-corrected chi connectivity index (χ3v) is 4.19. The molecule has 1 nitrogen and oxygen atoms in total. The minimum atomic E-state index is -0.754. The van der Waals surface area contributed by atoms with E-state index in [4.69, 9.17) is 4.74 Å². The summed E-state index contributed by atoms with van der Waals surface area (Å²) in [5, 5.41) is 0. The number of unbranched alkanes of at least 4 members (excludes halogenated alkanes) is 1. The second kappa shape index (κ2) is 13.4. The Kier molecular flexibility index (Phi) is 18.2. The van der Waals surface area contributed by atoms with Gasteiger partial charge in [-0.3, -0.25) is 6.08 Å². The van der Waals surface area contributed by atoms with Crippen molar-refractivity contribution in [1.82, 2.24) is 0 Å². The quantitative estimate of drug-likeness (QED) is 0.285. The van der Waals surface area contributed by atoms with Gasteiger partial charge in [0, 0.05) is 12.3 Å². The molecule has 1 radical (unpaired) electrons. The third kappa shape index (κ3) is 8.63. The molecule has 0 saturated carbocycles. The van der Waals surface area contributed by atoms with Crippen molar-refractivity contribution in [3.8, 4) is 0 Å². The number of ether oxygens (including phenoxy) is 1. The van der Waals surface area contributed by atoms with Crippen LogP contribution in [0.25, 0.3) is 0 Å². The standard InChI is InChI=1S/C12H21OSi.2ClH.Ti/c1-4-5-10-13-12(14(2)3)11-8-6-7-9-11;;;/h6,8,12,14H,4-5,7,10H2,1-3H3;2*1H;/q-1;;;+3/p-2. The molecule has 1 aliphatic carbocycles. The fourth-order valence-electron chi connectivity index (χ4n) is 1.61. The summed E-state index contributed by atoms with van der Waals surface area (Å²) in [6.45, 7) is 7.80. The zero-order chi connectivity index (χ0) is 10.4. The molecule has 0 aromatic rings. The van der Waals surface area contributed by atoms with Crippen LogP contribution in [0.4, 0.5) is 0 Å². The molecule has 0 amide bonds. The first kappa shape index (κ1) is 23.1. The second-order valence-corrected chi connectivity index (χ2v) is 7.22. The van der Waals surface area contributed by atoms with E-state index in [1.165, 1.54) is 18.4 Å². The maximum absolute atomic E-state index is 5.94. The van der Waals surface area contributed by atoms with Gasteiger partial charge in [0.1, 0.15) is 0 Å². The molecule has 5 heteroatoms. The first-order valence-corrected chi connectivity index (χ1v) is 8.62. The molecule has 0 saturated heterocycles. The van der Waals surface area contributed by atoms with Gasteiger partial charge >= 0.3 is 21.7 Å². The molecule has 17 heavy (non-hydrogen) atoms. The molecule has 1 atom stereocenters. The molecule has 0 aromatic heterocycles. The molecule has 1 unspecified atom stereocenters. The summed E-state index contributed by atoms with van der Waals surface area (Å²) in [5.41, 5.74) is 1.70. The number of allylic oxidation sites excluding steroid dienone is 2. The molecule has 0 aromatic carbocycles. The van der Waals surface area contributed by atoms with Crippen LogP contribution in [0.1, 0.15) is 26.2 Å². The summed E-state index contributed by atoms with van der Waals surface area (Å²) in [7, 11) is -0.754. The van der Waals surface area contributed by atoms with Crippen LogP contribution in [0.5, 0.6) is 0 Å². The fraction of sp³-hybridized carbons (Fsp3) is 0.667. The summed E-state index contributed by atoms with van der Waals surface area (Å²) in [5.74, 6) is 0. The van der Waals surface area contributed by atoms with Gasteiger partial charge in [0.2, 0.25) is 0 Å². The Bertz CT molecular complexity index is 233. The third-order valence-electron chi connectivity index (χ3n) is 2.43. The van der Waals surface area contributed by atoms with Gasteiger partial charge in [-0.25, -0.2) is 6.08 Å². The summed E-state index contributed by atoms with van der Waals surface area (Å²) in [6.07, 6.45) is 11.1. The monoisotopic (exact) mass is 327 g/mol. The van der Waals surface area contributed by atoms with E-state index in [0.29, 0.717) is 5.73 Å². The van der Waals surface area contributed by atoms with E-state index >= 15 is 0 Å². The summed E-state index contributed by atoms with van der Waals surface area (Å²) in [6, 6.07) is 0. The molecule has 0 fully saturated rings. The molecule has 0 aliphatic heterocycles. The van der Waals surface area contributed by atoms with Crippen LogP contribution < -0.4 is 24.8 Å². The Labute approximate surface area is 135 Å². The predicted octanol–water partition coefficient (Wildman–Crippen LogP) is -3.11. The van der Waals surface area contributed by atoms with E-state index in [2.05, 4.69) is 38.2 Å². The van der Waals surface area contributed by atoms with Crippen molar-refractivity contribution < 1.29 is 51.3 Å². The van der Waals surface area contributed by atoms with Crippen LogP contribution in [0.2, 0.25) is 13.1 Å². The summed E-state index contributed by atoms with van der Waals surface area (Å²) in [4.78, 5) is 0. The summed E-state index contributed by atoms with van der Waals surface area (Å²) >= 11 is 0. The largest absolute Gasteiger partial charge is 3.00 e. The normalized spacial score (nSPS) is 14.5. The van der Waals surface area contributed by atoms with E-state index in [9.17, 15) is 0 Å². The molecule has 1 aliphatic rings. The smallest absolute Gasteiger partial charge is 1.00 e. The van der Waals surface area contributed by atoms with Gasteiger partial charge in [-0.1, -0.05) is 26.4 Å². The van der Waals surface area contributed by atoms with E-state index in [0.717, 1.165) is 13.0 Å². The summed E-state index contributed by atoms with van der Waals surface area (Å²) < 4.78 is 5.94. The number of halogens is 2. The minimum Gasteiger partial charge on any atom is -1.00 e. The minimum absolute atomic E-state index is 0. The average molecular weight is 328 g/mol. The van der Waals surface area contributed by atoms with Gasteiger partial charge in [-0.2, -0.15) is 11.6 Å². The average Bonchev–Trinajstić information content (AvgIpc) is 2.64. The Hall–Kier alpha value is 0.951. The first-order chi connectivity index (χ1) is 6.75. The fourth-order valence-corrected chi connectivity index (χ4v) is 3.08. The van der Waals surface area contributed by atoms with Crippen molar-refractivity contribution in [3.63, 3.8) is 0 Å². The van der Waals surface area contributed by atoms with Gasteiger partial charge in [0.25, 0.3) is 0 Å². The number of hydrogen-bond acceptors (Lipinski definition) is 1. The Morgan fingerprint density at radius 2 is 2.06 bits per heavy atom. The first-order valence-electron chi connectivity index (χ1n) is 5.64. The second-order valence-electron chi connectivity index (χ2n) is 4.13. The van der Waals surface area contributed by atoms with Crippen LogP contribution in [0.15, 0.2) is 17.7 Å². The van der Waals surface area contributed by atoms with Gasteiger partial charge in [-0.05, 0) is 6.42 Å². The predicted molar refractivity (Wildman–Crippen MR) is 64.0 cm³/mol. The maximum Gasteiger partial charge on any atom is 3.00 e. The van der Waals surface area contributed by atoms with Crippen LogP contribution in [-0.4, -0.2) is 21.1 Å². The zero-order valence-corrected chi connectivity index (χ0v) is 15.0. The van der Waals surface area contributed by atoms with Gasteiger partial charge in [-0.15, -0.1) is 6.42 Å². The van der Waals surface area contributed by atoms with Crippen LogP contribution in [-0.2, 0) is 26.5 Å². The molecule has 0 N–H and O–H groups in total. The number of rotatable bonds is 6. The van der Waals surface area contributed by atoms with Crippen LogP contribution in [0.3, 0.4) is 0 Å². The molecule has 1 rings (SSSR count). The number of hydrogen-bond donors (Lipinski definition) is 0. The van der Waals surface area contributed by atoms with Gasteiger partial charge in [0.15, 0.2) is 0 Å². The van der Waals surface area contributed by atoms with E-state index in [1.54, 1.807) is 0 Å². The van der Waals surface area contributed by atoms with Crippen LogP contribution >= 0.6 is 0 Å². The van der Waals surface area contributed by atoms with E-state index in [1.807, 2.05) is 0 Å². The molecular formula is C12H21Cl2OSiTi. The van der Waals surface area contributed by atoms with E-state index < -0.39 is 8.80 Å². The van der Waals surface area contributed by atoms with Gasteiger partial charge in [0.05, 0.1) is 8.80 Å². The Morgan fingerprint density at radius 1 is 1.41 bits per heavy atom. The van der Waals surface area contributed by atoms with Crippen molar-refractivity contribution in [2.45, 2.75) is 45.0 Å². The molecule has 97 valence electrons. The van der Waals surface area contributed by atoms with Crippen molar-refractivity contribution in [3.05, 3.63) is 23.8 Å². The molecule has 0 spiro atoms. The molecule has 0 bridgehead atoms. The van der Waals surface area contributed by atoms with Gasteiger partial charge < -0.3 is 29.6 Å². The van der Waals surface area contributed by atoms with Crippen LogP contribution in [0, 0.1) is 6.08 Å². The van der Waals surface area contributed by atoms with Crippen molar-refractivity contribution in [2.24, 2.45) is 0 Å². The SMILES string of the molecule is CCCCOC(C1=[C-]CC=C1)[SiH](C)C.[Cl-].[Cl-].[Ti+3].